The topological polar surface area (TPSA) is 62.2 Å². The van der Waals surface area contributed by atoms with Crippen molar-refractivity contribution < 1.29 is 18.7 Å². The molecule has 0 aliphatic carbocycles. The van der Waals surface area contributed by atoms with Gasteiger partial charge in [0.2, 0.25) is 0 Å². The second kappa shape index (κ2) is 5.19. The van der Waals surface area contributed by atoms with Gasteiger partial charge in [-0.25, -0.2) is 18.6 Å². The highest BCUT2D eigenvalue weighted by Crippen LogP contribution is 2.23. The molecule has 0 bridgehead atoms. The number of aromatic nitrogens is 1. The molecule has 2 rings (SSSR count). The zero-order valence-electron chi connectivity index (χ0n) is 9.32. The number of rotatable bonds is 3. The number of hydrogen-bond acceptors (Lipinski definition) is 3. The van der Waals surface area contributed by atoms with E-state index in [9.17, 15) is 13.6 Å². The fraction of sp³-hybridized carbons (Fsp3) is 0. The highest BCUT2D eigenvalue weighted by atomic mass is 35.5. The number of aromatic carboxylic acids is 1. The van der Waals surface area contributed by atoms with Crippen LogP contribution in [0.2, 0.25) is 5.15 Å². The maximum atomic E-state index is 13.2. The van der Waals surface area contributed by atoms with Gasteiger partial charge in [-0.3, -0.25) is 0 Å². The van der Waals surface area contributed by atoms with E-state index in [1.165, 1.54) is 24.3 Å². The first-order chi connectivity index (χ1) is 8.97. The van der Waals surface area contributed by atoms with Crippen molar-refractivity contribution in [1.29, 1.82) is 0 Å². The Morgan fingerprint density at radius 3 is 2.47 bits per heavy atom. The lowest BCUT2D eigenvalue weighted by atomic mass is 10.2. The van der Waals surface area contributed by atoms with Gasteiger partial charge < -0.3 is 10.4 Å². The summed E-state index contributed by atoms with van der Waals surface area (Å²) in [4.78, 5) is 14.6. The third-order valence-electron chi connectivity index (χ3n) is 2.27. The molecule has 0 amide bonds. The average molecular weight is 285 g/mol. The normalized spacial score (nSPS) is 10.3. The summed E-state index contributed by atoms with van der Waals surface area (Å²) in [6.07, 6.45) is 0. The number of anilines is 2. The SMILES string of the molecule is O=C(O)c1cc(F)c(Cl)nc1Nc1ccc(F)cc1. The summed E-state index contributed by atoms with van der Waals surface area (Å²) in [5, 5.41) is 11.1. The van der Waals surface area contributed by atoms with Crippen molar-refractivity contribution >= 4 is 29.1 Å². The minimum Gasteiger partial charge on any atom is -0.478 e. The lowest BCUT2D eigenvalue weighted by Crippen LogP contribution is -2.06. The van der Waals surface area contributed by atoms with Gasteiger partial charge in [0.25, 0.3) is 0 Å². The molecule has 0 saturated carbocycles. The van der Waals surface area contributed by atoms with E-state index >= 15 is 0 Å². The van der Waals surface area contributed by atoms with Crippen LogP contribution in [0.25, 0.3) is 0 Å². The Balaban J connectivity index is 2.41. The van der Waals surface area contributed by atoms with Gasteiger partial charge in [0.1, 0.15) is 17.2 Å². The maximum absolute atomic E-state index is 13.2. The summed E-state index contributed by atoms with van der Waals surface area (Å²) in [6.45, 7) is 0. The van der Waals surface area contributed by atoms with Crippen molar-refractivity contribution in [1.82, 2.24) is 4.98 Å². The van der Waals surface area contributed by atoms with Crippen molar-refractivity contribution in [3.8, 4) is 0 Å². The third kappa shape index (κ3) is 2.97. The number of benzene rings is 1. The number of nitrogens with zero attached hydrogens (tertiary/aromatic N) is 1. The number of nitrogens with one attached hydrogen (secondary N) is 1. The van der Waals surface area contributed by atoms with E-state index in [2.05, 4.69) is 10.3 Å². The van der Waals surface area contributed by atoms with Crippen LogP contribution in [0.15, 0.2) is 30.3 Å². The molecule has 2 aromatic rings. The second-order valence-corrected chi connectivity index (χ2v) is 3.95. The second-order valence-electron chi connectivity index (χ2n) is 3.59. The number of carbonyl (C=O) groups is 1. The van der Waals surface area contributed by atoms with E-state index in [0.29, 0.717) is 5.69 Å². The first-order valence-corrected chi connectivity index (χ1v) is 5.47. The summed E-state index contributed by atoms with van der Waals surface area (Å²) < 4.78 is 25.9. The van der Waals surface area contributed by atoms with E-state index in [0.717, 1.165) is 6.07 Å². The van der Waals surface area contributed by atoms with Crippen molar-refractivity contribution in [2.75, 3.05) is 5.32 Å². The van der Waals surface area contributed by atoms with E-state index in [-0.39, 0.29) is 11.4 Å². The van der Waals surface area contributed by atoms with Crippen LogP contribution in [0.3, 0.4) is 0 Å². The van der Waals surface area contributed by atoms with Crippen LogP contribution in [0.4, 0.5) is 20.3 Å². The van der Waals surface area contributed by atoms with Crippen molar-refractivity contribution in [3.05, 3.63) is 52.7 Å². The number of carboxylic acids is 1. The number of hydrogen-bond donors (Lipinski definition) is 2. The summed E-state index contributed by atoms with van der Waals surface area (Å²) in [6, 6.07) is 5.92. The van der Waals surface area contributed by atoms with Gasteiger partial charge in [-0.05, 0) is 30.3 Å². The van der Waals surface area contributed by atoms with Gasteiger partial charge in [-0.15, -0.1) is 0 Å². The molecule has 19 heavy (non-hydrogen) atoms. The maximum Gasteiger partial charge on any atom is 0.339 e. The number of halogens is 3. The minimum atomic E-state index is -1.35. The standard InChI is InChI=1S/C12H7ClF2N2O2/c13-10-9(15)5-8(12(18)19)11(17-10)16-7-3-1-6(14)2-4-7/h1-5H,(H,16,17)(H,18,19). The molecule has 0 saturated heterocycles. The van der Waals surface area contributed by atoms with E-state index in [1.54, 1.807) is 0 Å². The molecule has 2 N–H and O–H groups in total. The van der Waals surface area contributed by atoms with E-state index in [4.69, 9.17) is 16.7 Å². The quantitative estimate of drug-likeness (QED) is 0.847. The Hall–Kier alpha value is -2.21. The highest BCUT2D eigenvalue weighted by molar-refractivity contribution is 6.29. The van der Waals surface area contributed by atoms with Gasteiger partial charge >= 0.3 is 5.97 Å². The van der Waals surface area contributed by atoms with Crippen molar-refractivity contribution in [2.45, 2.75) is 0 Å². The molecular formula is C12H7ClF2N2O2. The van der Waals surface area contributed by atoms with Gasteiger partial charge in [0, 0.05) is 5.69 Å². The Kier molecular flexibility index (Phi) is 3.62. The van der Waals surface area contributed by atoms with Gasteiger partial charge in [-0.2, -0.15) is 0 Å². The minimum absolute atomic E-state index is 0.120. The Morgan fingerprint density at radius 1 is 1.26 bits per heavy atom. The van der Waals surface area contributed by atoms with Crippen LogP contribution in [0.1, 0.15) is 10.4 Å². The summed E-state index contributed by atoms with van der Waals surface area (Å²) in [7, 11) is 0. The molecule has 0 aliphatic rings. The molecule has 7 heteroatoms. The molecule has 1 heterocycles. The lowest BCUT2D eigenvalue weighted by molar-refractivity contribution is 0.0697. The number of pyridine rings is 1. The van der Waals surface area contributed by atoms with Crippen LogP contribution >= 0.6 is 11.6 Å². The smallest absolute Gasteiger partial charge is 0.339 e. The van der Waals surface area contributed by atoms with E-state index < -0.39 is 22.8 Å². The van der Waals surface area contributed by atoms with Crippen molar-refractivity contribution in [2.24, 2.45) is 0 Å². The Labute approximate surface area is 111 Å². The van der Waals surface area contributed by atoms with Gasteiger partial charge in [0.15, 0.2) is 11.0 Å². The molecule has 0 unspecified atom stereocenters. The Bertz CT molecular complexity index is 632. The fourth-order valence-corrected chi connectivity index (χ4v) is 1.53. The monoisotopic (exact) mass is 284 g/mol. The predicted octanol–water partition coefficient (Wildman–Crippen LogP) is 3.46. The fourth-order valence-electron chi connectivity index (χ4n) is 1.39. The van der Waals surface area contributed by atoms with Crippen molar-refractivity contribution in [3.63, 3.8) is 0 Å². The largest absolute Gasteiger partial charge is 0.478 e. The molecule has 0 atom stereocenters. The summed E-state index contributed by atoms with van der Waals surface area (Å²) >= 11 is 5.50. The zero-order chi connectivity index (χ0) is 14.0. The lowest BCUT2D eigenvalue weighted by Gasteiger charge is -2.09. The molecule has 0 radical (unpaired) electrons. The van der Waals surface area contributed by atoms with Crippen LogP contribution in [-0.4, -0.2) is 16.1 Å². The number of carboxylic acid groups (broad SMARTS) is 1. The zero-order valence-corrected chi connectivity index (χ0v) is 10.1. The predicted molar refractivity (Wildman–Crippen MR) is 65.8 cm³/mol. The summed E-state index contributed by atoms with van der Waals surface area (Å²) in [5.41, 5.74) is 0.0327. The van der Waals surface area contributed by atoms with Crippen LogP contribution < -0.4 is 5.32 Å². The van der Waals surface area contributed by atoms with Gasteiger partial charge in [-0.1, -0.05) is 11.6 Å². The van der Waals surface area contributed by atoms with Gasteiger partial charge in [0.05, 0.1) is 0 Å². The average Bonchev–Trinajstić information content (AvgIpc) is 2.36. The first-order valence-electron chi connectivity index (χ1n) is 5.09. The highest BCUT2D eigenvalue weighted by Gasteiger charge is 2.16. The Morgan fingerprint density at radius 2 is 1.89 bits per heavy atom. The first kappa shape index (κ1) is 13.2. The molecular weight excluding hydrogens is 278 g/mol. The third-order valence-corrected chi connectivity index (χ3v) is 2.54. The molecule has 0 fully saturated rings. The van der Waals surface area contributed by atoms with Crippen LogP contribution in [0.5, 0.6) is 0 Å². The molecule has 0 spiro atoms. The molecule has 0 aliphatic heterocycles. The summed E-state index contributed by atoms with van der Waals surface area (Å²) in [5.74, 6) is -2.84. The molecule has 98 valence electrons. The molecule has 1 aromatic heterocycles. The van der Waals surface area contributed by atoms with Crippen LogP contribution in [0, 0.1) is 11.6 Å². The van der Waals surface area contributed by atoms with Crippen LogP contribution in [-0.2, 0) is 0 Å². The molecule has 4 nitrogen and oxygen atoms in total. The molecule has 1 aromatic carbocycles. The van der Waals surface area contributed by atoms with E-state index in [1.807, 2.05) is 0 Å².